The molecule has 0 saturated heterocycles. The molecule has 6 heteroatoms. The molecule has 2 rings (SSSR count). The van der Waals surface area contributed by atoms with E-state index in [2.05, 4.69) is 17.3 Å². The Balaban J connectivity index is 2.18. The summed E-state index contributed by atoms with van der Waals surface area (Å²) in [6.07, 6.45) is 4.04. The molecule has 0 spiro atoms. The van der Waals surface area contributed by atoms with Gasteiger partial charge in [0.2, 0.25) is 0 Å². The van der Waals surface area contributed by atoms with Gasteiger partial charge in [-0.05, 0) is 31.0 Å². The van der Waals surface area contributed by atoms with Crippen molar-refractivity contribution in [3.8, 4) is 0 Å². The molecule has 1 unspecified atom stereocenters. The fraction of sp³-hybridized carbons (Fsp3) is 0.400. The van der Waals surface area contributed by atoms with Gasteiger partial charge >= 0.3 is 0 Å². The van der Waals surface area contributed by atoms with Gasteiger partial charge in [-0.1, -0.05) is 19.1 Å². The van der Waals surface area contributed by atoms with Gasteiger partial charge in [0.15, 0.2) is 9.84 Å². The number of rotatable bonds is 5. The molecule has 21 heavy (non-hydrogen) atoms. The summed E-state index contributed by atoms with van der Waals surface area (Å²) in [5.74, 6) is 0. The molecule has 0 aliphatic heterocycles. The van der Waals surface area contributed by atoms with Crippen molar-refractivity contribution in [2.24, 2.45) is 7.05 Å². The maximum absolute atomic E-state index is 11.5. The normalized spacial score (nSPS) is 13.1. The van der Waals surface area contributed by atoms with E-state index in [-0.39, 0.29) is 6.04 Å². The highest BCUT2D eigenvalue weighted by Crippen LogP contribution is 2.23. The van der Waals surface area contributed by atoms with Gasteiger partial charge in [0.1, 0.15) is 0 Å². The van der Waals surface area contributed by atoms with Crippen LogP contribution in [0.3, 0.4) is 0 Å². The van der Waals surface area contributed by atoms with E-state index in [1.807, 2.05) is 32.3 Å². The summed E-state index contributed by atoms with van der Waals surface area (Å²) in [5, 5.41) is 7.82. The zero-order valence-corrected chi connectivity index (χ0v) is 13.6. The van der Waals surface area contributed by atoms with Crippen molar-refractivity contribution in [3.63, 3.8) is 0 Å². The molecule has 1 N–H and O–H groups in total. The minimum Gasteiger partial charge on any atom is -0.376 e. The average molecular weight is 307 g/mol. The minimum atomic E-state index is -3.15. The van der Waals surface area contributed by atoms with E-state index < -0.39 is 9.84 Å². The summed E-state index contributed by atoms with van der Waals surface area (Å²) in [4.78, 5) is 0.342. The number of nitrogens with zero attached hydrogens (tertiary/aromatic N) is 2. The summed E-state index contributed by atoms with van der Waals surface area (Å²) in [5.41, 5.74) is 3.07. The van der Waals surface area contributed by atoms with Crippen LogP contribution < -0.4 is 5.32 Å². The maximum Gasteiger partial charge on any atom is 0.175 e. The minimum absolute atomic E-state index is 0.0770. The molecule has 5 nitrogen and oxygen atoms in total. The number of anilines is 1. The predicted molar refractivity (Wildman–Crippen MR) is 84.2 cm³/mol. The van der Waals surface area contributed by atoms with Gasteiger partial charge in [-0.15, -0.1) is 0 Å². The van der Waals surface area contributed by atoms with Crippen LogP contribution in [0.1, 0.15) is 31.1 Å². The number of benzene rings is 1. The van der Waals surface area contributed by atoms with Crippen LogP contribution in [0.15, 0.2) is 35.4 Å². The first-order valence-corrected chi connectivity index (χ1v) is 8.79. The molecule has 0 aliphatic carbocycles. The highest BCUT2D eigenvalue weighted by molar-refractivity contribution is 7.90. The molecule has 114 valence electrons. The smallest absolute Gasteiger partial charge is 0.175 e. The zero-order valence-electron chi connectivity index (χ0n) is 12.8. The highest BCUT2D eigenvalue weighted by Gasteiger charge is 2.12. The number of aryl methyl sites for hydroxylation is 2. The molecule has 1 aromatic carbocycles. The predicted octanol–water partition coefficient (Wildman–Crippen LogP) is 2.56. The maximum atomic E-state index is 11.5. The Hall–Kier alpha value is -1.82. The van der Waals surface area contributed by atoms with Gasteiger partial charge < -0.3 is 5.32 Å². The van der Waals surface area contributed by atoms with Crippen LogP contribution in [0.25, 0.3) is 0 Å². The third kappa shape index (κ3) is 3.64. The number of nitrogens with one attached hydrogen (secondary N) is 1. The van der Waals surface area contributed by atoms with E-state index in [9.17, 15) is 8.42 Å². The first-order valence-electron chi connectivity index (χ1n) is 6.90. The Morgan fingerprint density at radius 3 is 2.43 bits per heavy atom. The van der Waals surface area contributed by atoms with Gasteiger partial charge in [0.25, 0.3) is 0 Å². The van der Waals surface area contributed by atoms with E-state index >= 15 is 0 Å². The van der Waals surface area contributed by atoms with Crippen LogP contribution >= 0.6 is 0 Å². The standard InChI is InChI=1S/C15H21N3O2S/c1-5-14-15(10-18(3)17-14)16-11(2)12-6-8-13(9-7-12)21(4,19)20/h6-11,16H,5H2,1-4H3. The fourth-order valence-electron chi connectivity index (χ4n) is 2.24. The van der Waals surface area contributed by atoms with Crippen LogP contribution in [-0.4, -0.2) is 24.5 Å². The van der Waals surface area contributed by atoms with Crippen LogP contribution in [0.5, 0.6) is 0 Å². The quantitative estimate of drug-likeness (QED) is 0.922. The van der Waals surface area contributed by atoms with E-state index in [0.717, 1.165) is 23.4 Å². The van der Waals surface area contributed by atoms with Crippen LogP contribution in [0.2, 0.25) is 0 Å². The third-order valence-corrected chi connectivity index (χ3v) is 4.55. The fourth-order valence-corrected chi connectivity index (χ4v) is 2.87. The summed E-state index contributed by atoms with van der Waals surface area (Å²) in [6, 6.07) is 7.05. The Labute approximate surface area is 125 Å². The SMILES string of the molecule is CCc1nn(C)cc1NC(C)c1ccc(S(C)(=O)=O)cc1. The first kappa shape index (κ1) is 15.6. The molecule has 0 radical (unpaired) electrons. The van der Waals surface area contributed by atoms with E-state index in [1.54, 1.807) is 16.8 Å². The number of hydrogen-bond donors (Lipinski definition) is 1. The summed E-state index contributed by atoms with van der Waals surface area (Å²) >= 11 is 0. The van der Waals surface area contributed by atoms with E-state index in [1.165, 1.54) is 6.26 Å². The Morgan fingerprint density at radius 1 is 1.29 bits per heavy atom. The molecule has 0 saturated carbocycles. The average Bonchev–Trinajstić information content (AvgIpc) is 2.78. The number of aromatic nitrogens is 2. The summed E-state index contributed by atoms with van der Waals surface area (Å²) in [7, 11) is -1.25. The second-order valence-electron chi connectivity index (χ2n) is 5.22. The second-order valence-corrected chi connectivity index (χ2v) is 7.24. The third-order valence-electron chi connectivity index (χ3n) is 3.42. The lowest BCUT2D eigenvalue weighted by atomic mass is 10.1. The van der Waals surface area contributed by atoms with Crippen molar-refractivity contribution >= 4 is 15.5 Å². The van der Waals surface area contributed by atoms with Crippen molar-refractivity contribution in [2.45, 2.75) is 31.2 Å². The molecule has 2 aromatic rings. The Kier molecular flexibility index (Phi) is 4.37. The molecule has 0 fully saturated rings. The molecule has 1 heterocycles. The van der Waals surface area contributed by atoms with E-state index in [4.69, 9.17) is 0 Å². The molecule has 1 atom stereocenters. The van der Waals surface area contributed by atoms with Gasteiger partial charge in [-0.25, -0.2) is 8.42 Å². The lowest BCUT2D eigenvalue weighted by molar-refractivity contribution is 0.602. The molecule has 0 bridgehead atoms. The molecular formula is C15H21N3O2S. The lowest BCUT2D eigenvalue weighted by Crippen LogP contribution is -2.08. The van der Waals surface area contributed by atoms with Crippen molar-refractivity contribution in [3.05, 3.63) is 41.7 Å². The van der Waals surface area contributed by atoms with E-state index in [0.29, 0.717) is 4.90 Å². The van der Waals surface area contributed by atoms with Crippen LogP contribution in [0.4, 0.5) is 5.69 Å². The van der Waals surface area contributed by atoms with Crippen molar-refractivity contribution in [2.75, 3.05) is 11.6 Å². The Morgan fingerprint density at radius 2 is 1.90 bits per heavy atom. The van der Waals surface area contributed by atoms with Gasteiger partial charge in [-0.2, -0.15) is 5.10 Å². The molecule has 1 aromatic heterocycles. The molecular weight excluding hydrogens is 286 g/mol. The topological polar surface area (TPSA) is 64.0 Å². The number of hydrogen-bond acceptors (Lipinski definition) is 4. The van der Waals surface area contributed by atoms with Crippen LogP contribution in [-0.2, 0) is 23.3 Å². The lowest BCUT2D eigenvalue weighted by Gasteiger charge is -2.15. The van der Waals surface area contributed by atoms with Crippen molar-refractivity contribution in [1.82, 2.24) is 9.78 Å². The largest absolute Gasteiger partial charge is 0.376 e. The van der Waals surface area contributed by atoms with Gasteiger partial charge in [0, 0.05) is 25.5 Å². The molecule has 0 amide bonds. The van der Waals surface area contributed by atoms with Gasteiger partial charge in [-0.3, -0.25) is 4.68 Å². The zero-order chi connectivity index (χ0) is 15.6. The second kappa shape index (κ2) is 5.89. The molecule has 0 aliphatic rings. The summed E-state index contributed by atoms with van der Waals surface area (Å²) in [6.45, 7) is 4.11. The highest BCUT2D eigenvalue weighted by atomic mass is 32.2. The monoisotopic (exact) mass is 307 g/mol. The first-order chi connectivity index (χ1) is 9.81. The number of sulfone groups is 1. The summed E-state index contributed by atoms with van der Waals surface area (Å²) < 4.78 is 24.7. The Bertz CT molecular complexity index is 718. The van der Waals surface area contributed by atoms with Crippen LogP contribution in [0, 0.1) is 0 Å². The van der Waals surface area contributed by atoms with Crippen molar-refractivity contribution < 1.29 is 8.42 Å². The van der Waals surface area contributed by atoms with Crippen molar-refractivity contribution in [1.29, 1.82) is 0 Å². The van der Waals surface area contributed by atoms with Gasteiger partial charge in [0.05, 0.1) is 16.3 Å².